The maximum atomic E-state index is 11.8. The van der Waals surface area contributed by atoms with Crippen molar-refractivity contribution in [2.24, 2.45) is 5.92 Å². The number of hydrogen-bond acceptors (Lipinski definition) is 3. The van der Waals surface area contributed by atoms with E-state index in [1.165, 1.54) is 5.56 Å². The van der Waals surface area contributed by atoms with Crippen LogP contribution >= 0.6 is 0 Å². The number of Topliss-reactive ketones (excluding diaryl/α,β-unsaturated/α-hetero) is 1. The van der Waals surface area contributed by atoms with Crippen molar-refractivity contribution in [3.05, 3.63) is 35.9 Å². The molecule has 1 aliphatic carbocycles. The fourth-order valence-electron chi connectivity index (χ4n) is 2.77. The molecule has 1 aliphatic rings. The average Bonchev–Trinajstić information content (AvgIpc) is 2.42. The highest BCUT2D eigenvalue weighted by Gasteiger charge is 2.30. The monoisotopic (exact) mass is 248 g/mol. The Balaban J connectivity index is 2.02. The van der Waals surface area contributed by atoms with Crippen molar-refractivity contribution in [3.8, 4) is 0 Å². The standard InChI is InChI=1S/C15H20O3/c16-10-14(17)9-13-8-12(6-7-15(13)18)11-4-2-1-3-5-11/h1-5,12-14,16-17H,6-10H2. The molecule has 1 aromatic carbocycles. The fraction of sp³-hybridized carbons (Fsp3) is 0.533. The molecular formula is C15H20O3. The van der Waals surface area contributed by atoms with E-state index in [-0.39, 0.29) is 18.3 Å². The summed E-state index contributed by atoms with van der Waals surface area (Å²) in [6, 6.07) is 10.2. The van der Waals surface area contributed by atoms with Gasteiger partial charge in [-0.2, -0.15) is 0 Å². The maximum Gasteiger partial charge on any atom is 0.136 e. The lowest BCUT2D eigenvalue weighted by Gasteiger charge is -2.29. The topological polar surface area (TPSA) is 57.5 Å². The Hall–Kier alpha value is -1.19. The first-order valence-electron chi connectivity index (χ1n) is 6.57. The lowest BCUT2D eigenvalue weighted by atomic mass is 9.75. The van der Waals surface area contributed by atoms with E-state index < -0.39 is 6.10 Å². The Labute approximate surface area is 107 Å². The largest absolute Gasteiger partial charge is 0.394 e. The third kappa shape index (κ3) is 3.18. The molecule has 3 unspecified atom stereocenters. The molecule has 2 rings (SSSR count). The van der Waals surface area contributed by atoms with Crippen molar-refractivity contribution in [2.75, 3.05) is 6.61 Å². The molecule has 0 spiro atoms. The Bertz CT molecular complexity index is 388. The zero-order chi connectivity index (χ0) is 13.0. The van der Waals surface area contributed by atoms with Crippen LogP contribution in [0.3, 0.4) is 0 Å². The van der Waals surface area contributed by atoms with E-state index in [2.05, 4.69) is 12.1 Å². The van der Waals surface area contributed by atoms with E-state index in [9.17, 15) is 9.90 Å². The molecule has 3 atom stereocenters. The second kappa shape index (κ2) is 6.12. The van der Waals surface area contributed by atoms with Crippen LogP contribution in [0.2, 0.25) is 0 Å². The number of ketones is 1. The molecule has 0 aromatic heterocycles. The molecule has 1 fully saturated rings. The van der Waals surface area contributed by atoms with Crippen LogP contribution in [0.4, 0.5) is 0 Å². The number of aliphatic hydroxyl groups is 2. The second-order valence-electron chi connectivity index (χ2n) is 5.12. The summed E-state index contributed by atoms with van der Waals surface area (Å²) in [7, 11) is 0. The van der Waals surface area contributed by atoms with Gasteiger partial charge in [0.1, 0.15) is 5.78 Å². The number of carbonyl (C=O) groups is 1. The summed E-state index contributed by atoms with van der Waals surface area (Å²) in [5.41, 5.74) is 1.27. The van der Waals surface area contributed by atoms with Crippen LogP contribution in [0.25, 0.3) is 0 Å². The number of aliphatic hydroxyl groups excluding tert-OH is 2. The first-order valence-corrected chi connectivity index (χ1v) is 6.57. The number of benzene rings is 1. The van der Waals surface area contributed by atoms with Crippen molar-refractivity contribution in [1.29, 1.82) is 0 Å². The molecule has 0 bridgehead atoms. The number of hydrogen-bond donors (Lipinski definition) is 2. The van der Waals surface area contributed by atoms with Crippen molar-refractivity contribution in [1.82, 2.24) is 0 Å². The molecule has 2 N–H and O–H groups in total. The normalized spacial score (nSPS) is 26.0. The molecule has 1 aromatic rings. The van der Waals surface area contributed by atoms with Crippen LogP contribution in [-0.4, -0.2) is 28.7 Å². The highest BCUT2D eigenvalue weighted by atomic mass is 16.3. The van der Waals surface area contributed by atoms with Gasteiger partial charge < -0.3 is 10.2 Å². The summed E-state index contributed by atoms with van der Waals surface area (Å²) in [6.07, 6.45) is 1.89. The van der Waals surface area contributed by atoms with Gasteiger partial charge in [0.25, 0.3) is 0 Å². The van der Waals surface area contributed by atoms with E-state index in [1.807, 2.05) is 18.2 Å². The van der Waals surface area contributed by atoms with Gasteiger partial charge in [0, 0.05) is 12.3 Å². The maximum absolute atomic E-state index is 11.8. The third-order valence-electron chi connectivity index (χ3n) is 3.80. The van der Waals surface area contributed by atoms with E-state index in [0.29, 0.717) is 18.8 Å². The van der Waals surface area contributed by atoms with Crippen LogP contribution in [-0.2, 0) is 4.79 Å². The highest BCUT2D eigenvalue weighted by Crippen LogP contribution is 2.36. The minimum absolute atomic E-state index is 0.105. The van der Waals surface area contributed by atoms with Gasteiger partial charge in [0.05, 0.1) is 12.7 Å². The Morgan fingerprint density at radius 1 is 1.28 bits per heavy atom. The van der Waals surface area contributed by atoms with Gasteiger partial charge >= 0.3 is 0 Å². The van der Waals surface area contributed by atoms with Gasteiger partial charge in [0.15, 0.2) is 0 Å². The highest BCUT2D eigenvalue weighted by molar-refractivity contribution is 5.82. The summed E-state index contributed by atoms with van der Waals surface area (Å²) in [4.78, 5) is 11.8. The predicted octanol–water partition coefficient (Wildman–Crippen LogP) is 1.88. The number of carbonyl (C=O) groups excluding carboxylic acids is 1. The smallest absolute Gasteiger partial charge is 0.136 e. The molecular weight excluding hydrogens is 228 g/mol. The number of rotatable bonds is 4. The van der Waals surface area contributed by atoms with E-state index >= 15 is 0 Å². The minimum Gasteiger partial charge on any atom is -0.394 e. The van der Waals surface area contributed by atoms with Gasteiger partial charge in [-0.3, -0.25) is 4.79 Å². The van der Waals surface area contributed by atoms with Crippen LogP contribution < -0.4 is 0 Å². The molecule has 0 radical (unpaired) electrons. The zero-order valence-electron chi connectivity index (χ0n) is 10.5. The quantitative estimate of drug-likeness (QED) is 0.855. The first-order chi connectivity index (χ1) is 8.70. The van der Waals surface area contributed by atoms with E-state index in [1.54, 1.807) is 0 Å². The van der Waals surface area contributed by atoms with Crippen molar-refractivity contribution in [2.45, 2.75) is 37.7 Å². The lowest BCUT2D eigenvalue weighted by molar-refractivity contribution is -0.126. The minimum atomic E-state index is -0.770. The zero-order valence-corrected chi connectivity index (χ0v) is 10.5. The predicted molar refractivity (Wildman–Crippen MR) is 69.2 cm³/mol. The van der Waals surface area contributed by atoms with Gasteiger partial charge in [-0.15, -0.1) is 0 Å². The lowest BCUT2D eigenvalue weighted by Crippen LogP contribution is -2.28. The summed E-state index contributed by atoms with van der Waals surface area (Å²) < 4.78 is 0. The van der Waals surface area contributed by atoms with E-state index in [0.717, 1.165) is 12.8 Å². The molecule has 98 valence electrons. The van der Waals surface area contributed by atoms with Crippen molar-refractivity contribution >= 4 is 5.78 Å². The molecule has 1 saturated carbocycles. The Kier molecular flexibility index (Phi) is 4.50. The average molecular weight is 248 g/mol. The van der Waals surface area contributed by atoms with Crippen LogP contribution in [0.1, 0.15) is 37.2 Å². The van der Waals surface area contributed by atoms with Crippen LogP contribution in [0, 0.1) is 5.92 Å². The SMILES string of the molecule is O=C1CCC(c2ccccc2)CC1CC(O)CO. The third-order valence-corrected chi connectivity index (χ3v) is 3.80. The van der Waals surface area contributed by atoms with Crippen molar-refractivity contribution in [3.63, 3.8) is 0 Å². The van der Waals surface area contributed by atoms with Crippen molar-refractivity contribution < 1.29 is 15.0 Å². The molecule has 3 heteroatoms. The molecule has 0 saturated heterocycles. The summed E-state index contributed by atoms with van der Waals surface area (Å²) in [6.45, 7) is -0.264. The molecule has 0 aliphatic heterocycles. The molecule has 0 amide bonds. The van der Waals surface area contributed by atoms with Gasteiger partial charge in [-0.05, 0) is 30.7 Å². The summed E-state index contributed by atoms with van der Waals surface area (Å²) in [5.74, 6) is 0.528. The van der Waals surface area contributed by atoms with E-state index in [4.69, 9.17) is 5.11 Å². The van der Waals surface area contributed by atoms with Gasteiger partial charge in [-0.1, -0.05) is 30.3 Å². The van der Waals surface area contributed by atoms with Gasteiger partial charge in [0.2, 0.25) is 0 Å². The van der Waals surface area contributed by atoms with Crippen LogP contribution in [0.15, 0.2) is 30.3 Å². The second-order valence-corrected chi connectivity index (χ2v) is 5.12. The summed E-state index contributed by atoms with van der Waals surface area (Å²) >= 11 is 0. The molecule has 18 heavy (non-hydrogen) atoms. The molecule has 0 heterocycles. The van der Waals surface area contributed by atoms with Gasteiger partial charge in [-0.25, -0.2) is 0 Å². The Morgan fingerprint density at radius 2 is 2.00 bits per heavy atom. The molecule has 3 nitrogen and oxygen atoms in total. The first kappa shape index (κ1) is 13.2. The van der Waals surface area contributed by atoms with Crippen LogP contribution in [0.5, 0.6) is 0 Å². The summed E-state index contributed by atoms with van der Waals surface area (Å²) in [5, 5.41) is 18.4. The fourth-order valence-corrected chi connectivity index (χ4v) is 2.77. The Morgan fingerprint density at radius 3 is 2.67 bits per heavy atom.